The number of hydrogen-bond donors (Lipinski definition) is 1. The van der Waals surface area contributed by atoms with Gasteiger partial charge in [0.25, 0.3) is 0 Å². The van der Waals surface area contributed by atoms with Crippen molar-refractivity contribution >= 4 is 127 Å². The van der Waals surface area contributed by atoms with Gasteiger partial charge in [0, 0.05) is 69.2 Å². The summed E-state index contributed by atoms with van der Waals surface area (Å²) >= 11 is 6.31. The van der Waals surface area contributed by atoms with E-state index in [1.807, 2.05) is 164 Å². The lowest BCUT2D eigenvalue weighted by Crippen LogP contribution is -2.38. The Kier molecular flexibility index (Phi) is 13.1. The van der Waals surface area contributed by atoms with Crippen LogP contribution in [-0.2, 0) is 16.4 Å². The fourth-order valence-corrected chi connectivity index (χ4v) is 25.8. The summed E-state index contributed by atoms with van der Waals surface area (Å²) in [5.41, 5.74) is 5.15. The molecule has 8 aliphatic heterocycles. The smallest absolute Gasteiger partial charge is 0.185 e. The minimum Gasteiger partial charge on any atom is -0.456 e. The molecular weight excluding hydrogens is 1180 g/mol. The molecule has 9 nitrogen and oxygen atoms in total. The molecule has 0 fully saturated rings. The average Bonchev–Trinajstić information content (AvgIpc) is 0.761. The molecule has 12 aromatic carbocycles. The predicted molar refractivity (Wildman–Crippen MR) is 367 cm³/mol. The summed E-state index contributed by atoms with van der Waals surface area (Å²) in [5.74, 6) is 9.72. The van der Waals surface area contributed by atoms with Gasteiger partial charge >= 0.3 is 0 Å². The van der Waals surface area contributed by atoms with E-state index in [1.54, 1.807) is 0 Å². The van der Waals surface area contributed by atoms with Crippen LogP contribution in [-0.4, -0.2) is 7.05 Å². The SMILES string of the molecule is C.CN1c2ccccc2P2c3ccccc3Nc3cccc1c32.O=P12c3ccccc3Oc3cccc(c31)Oc1ccccc12.S=P12c3ccccc3Oc3cccc(c31)Oc1ccccc12.c1ccc2c(c1)Oc1cccc3c1P2c1ccccc1O3. The summed E-state index contributed by atoms with van der Waals surface area (Å²) in [7, 11) is -1.88. The predicted octanol–water partition coefficient (Wildman–Crippen LogP) is 15.1. The van der Waals surface area contributed by atoms with Gasteiger partial charge in [0.05, 0.1) is 32.9 Å². The van der Waals surface area contributed by atoms with Crippen LogP contribution in [0.5, 0.6) is 69.0 Å². The van der Waals surface area contributed by atoms with E-state index in [2.05, 4.69) is 120 Å². The molecule has 0 amide bonds. The monoisotopic (exact) mass is 1240 g/mol. The molecule has 426 valence electrons. The molecule has 1 N–H and O–H groups in total. The maximum atomic E-state index is 14.2. The Labute approximate surface area is 517 Å². The first kappa shape index (κ1) is 54.2. The zero-order valence-corrected chi connectivity index (χ0v) is 50.8. The number of benzene rings is 12. The number of nitrogens with zero attached hydrogens (tertiary/aromatic N) is 1. The van der Waals surface area contributed by atoms with Crippen molar-refractivity contribution in [1.82, 2.24) is 0 Å². The van der Waals surface area contributed by atoms with Crippen molar-refractivity contribution < 1.29 is 33.0 Å². The second-order valence-electron chi connectivity index (χ2n) is 21.5. The molecule has 0 aliphatic carbocycles. The topological polar surface area (TPSA) is 87.7 Å². The van der Waals surface area contributed by atoms with Gasteiger partial charge in [0.1, 0.15) is 74.3 Å². The Morgan fingerprint density at radius 2 is 0.670 bits per heavy atom. The van der Waals surface area contributed by atoms with E-state index in [9.17, 15) is 4.57 Å². The first-order valence-electron chi connectivity index (χ1n) is 28.5. The third-order valence-corrected chi connectivity index (χ3v) is 29.9. The van der Waals surface area contributed by atoms with E-state index in [4.69, 9.17) is 40.2 Å². The van der Waals surface area contributed by atoms with E-state index in [-0.39, 0.29) is 7.43 Å². The average molecular weight is 1240 g/mol. The van der Waals surface area contributed by atoms with Crippen molar-refractivity contribution in [3.05, 3.63) is 267 Å². The van der Waals surface area contributed by atoms with Crippen LogP contribution in [0.3, 0.4) is 0 Å². The van der Waals surface area contributed by atoms with Gasteiger partial charge in [-0.1, -0.05) is 165 Å². The summed E-state index contributed by atoms with van der Waals surface area (Å²) in [6.45, 7) is 0. The number of anilines is 4. The summed E-state index contributed by atoms with van der Waals surface area (Å²) in [4.78, 5) is 2.32. The molecule has 1 unspecified atom stereocenters. The molecule has 0 spiro atoms. The molecule has 12 aromatic rings. The molecule has 8 heterocycles. The largest absolute Gasteiger partial charge is 0.456 e. The summed E-state index contributed by atoms with van der Waals surface area (Å²) in [6.07, 6.45) is 0. The van der Waals surface area contributed by atoms with Crippen molar-refractivity contribution in [1.29, 1.82) is 0 Å². The van der Waals surface area contributed by atoms with Crippen LogP contribution >= 0.6 is 29.0 Å². The molecule has 88 heavy (non-hydrogen) atoms. The molecule has 0 bridgehead atoms. The highest BCUT2D eigenvalue weighted by Gasteiger charge is 2.47. The molecular formula is C74H52N2O7P4S. The maximum Gasteiger partial charge on any atom is 0.185 e. The molecule has 1 atom stereocenters. The molecule has 0 saturated heterocycles. The quantitative estimate of drug-likeness (QED) is 0.148. The Balaban J connectivity index is 0.0000000942. The van der Waals surface area contributed by atoms with E-state index >= 15 is 0 Å². The number of rotatable bonds is 0. The molecule has 0 aromatic heterocycles. The fourth-order valence-electron chi connectivity index (χ4n) is 12.8. The first-order valence-corrected chi connectivity index (χ1v) is 35.7. The van der Waals surface area contributed by atoms with Gasteiger partial charge in [0.15, 0.2) is 7.14 Å². The number of hydrogen-bond acceptors (Lipinski definition) is 10. The Bertz CT molecular complexity index is 4610. The highest BCUT2D eigenvalue weighted by Crippen LogP contribution is 2.60. The fraction of sp³-hybridized carbons (Fsp3) is 0.0270. The van der Waals surface area contributed by atoms with Crippen LogP contribution < -0.4 is 102 Å². The van der Waals surface area contributed by atoms with E-state index < -0.39 is 29.0 Å². The van der Waals surface area contributed by atoms with Crippen molar-refractivity contribution in [3.8, 4) is 69.0 Å². The van der Waals surface area contributed by atoms with Crippen LogP contribution in [0.4, 0.5) is 22.7 Å². The van der Waals surface area contributed by atoms with Gasteiger partial charge in [-0.3, -0.25) is 0 Å². The van der Waals surface area contributed by atoms with E-state index in [0.717, 1.165) is 72.5 Å². The second kappa shape index (κ2) is 21.3. The summed E-state index contributed by atoms with van der Waals surface area (Å²) in [6, 6.07) is 87.4. The highest BCUT2D eigenvalue weighted by molar-refractivity contribution is 8.26. The highest BCUT2D eigenvalue weighted by atomic mass is 32.4. The molecule has 0 saturated carbocycles. The minimum absolute atomic E-state index is 0. The van der Waals surface area contributed by atoms with Gasteiger partial charge in [0.2, 0.25) is 0 Å². The van der Waals surface area contributed by atoms with Crippen LogP contribution in [0, 0.1) is 0 Å². The maximum absolute atomic E-state index is 14.2. The molecule has 0 radical (unpaired) electrons. The third kappa shape index (κ3) is 8.28. The van der Waals surface area contributed by atoms with Gasteiger partial charge in [-0.05, 0) is 129 Å². The lowest BCUT2D eigenvalue weighted by atomic mass is 10.2. The van der Waals surface area contributed by atoms with Gasteiger partial charge < -0.3 is 43.2 Å². The van der Waals surface area contributed by atoms with Crippen LogP contribution in [0.1, 0.15) is 7.43 Å². The number of ether oxygens (including phenoxy) is 6. The number of para-hydroxylation sites is 8. The standard InChI is InChI=1S/C19H15N2P.C18H11O3P.C18H11O2PS.C18H11O2P.CH4/c1-21-15-9-3-5-12-18(15)22-17-11-4-2-7-13(17)20-14-8-6-10-16(21)19(14)22;19-22-16-10-3-1-6-12(16)20-14-8-5-9-15(18(14)22)21-13-7-2-4-11-17(13)22;22-21-16-10-3-1-6-12(16)19-14-8-5-9-15(18(14)21)20-13-7-2-4-11-17(13)21;1-3-10-16-12(6-1)19-14-8-5-9-15-18(14)21(16)17-11-4-2-7-13(17)20-15;/h2-12,20H,1H3;2*1-11H;1-11H;1H4. The normalized spacial score (nSPS) is 15.5. The third-order valence-electron chi connectivity index (χ3n) is 16.6. The van der Waals surface area contributed by atoms with E-state index in [1.165, 1.54) is 54.6 Å². The molecule has 14 heteroatoms. The van der Waals surface area contributed by atoms with Crippen LogP contribution in [0.2, 0.25) is 0 Å². The van der Waals surface area contributed by atoms with E-state index in [0.29, 0.717) is 28.3 Å². The van der Waals surface area contributed by atoms with Gasteiger partial charge in [-0.25, -0.2) is 0 Å². The number of nitrogens with one attached hydrogen (secondary N) is 1. The summed E-state index contributed by atoms with van der Waals surface area (Å²) in [5, 5.41) is 17.1. The second-order valence-corrected chi connectivity index (χ2v) is 32.5. The Morgan fingerprint density at radius 1 is 0.330 bits per heavy atom. The minimum atomic E-state index is -2.97. The first-order chi connectivity index (χ1) is 42.8. The van der Waals surface area contributed by atoms with Gasteiger partial charge in [-0.15, -0.1) is 0 Å². The van der Waals surface area contributed by atoms with Crippen molar-refractivity contribution in [2.75, 3.05) is 17.3 Å². The molecule has 20 rings (SSSR count). The summed E-state index contributed by atoms with van der Waals surface area (Å²) < 4.78 is 50.4. The van der Waals surface area contributed by atoms with Crippen molar-refractivity contribution in [3.63, 3.8) is 0 Å². The van der Waals surface area contributed by atoms with Crippen LogP contribution in [0.25, 0.3) is 0 Å². The zero-order valence-electron chi connectivity index (χ0n) is 46.4. The molecule has 8 aliphatic rings. The Morgan fingerprint density at radius 3 is 1.20 bits per heavy atom. The number of fused-ring (bicyclic) bond motifs is 16. The lowest BCUT2D eigenvalue weighted by molar-refractivity contribution is 0.461. The van der Waals surface area contributed by atoms with Gasteiger partial charge in [-0.2, -0.15) is 0 Å². The van der Waals surface area contributed by atoms with Crippen LogP contribution in [0.15, 0.2) is 267 Å². The van der Waals surface area contributed by atoms with Crippen molar-refractivity contribution in [2.24, 2.45) is 0 Å². The lowest BCUT2D eigenvalue weighted by Gasteiger charge is -2.40. The zero-order chi connectivity index (χ0) is 58.0. The Hall–Kier alpha value is -9.22. The van der Waals surface area contributed by atoms with Crippen molar-refractivity contribution in [2.45, 2.75) is 7.43 Å².